The number of hydrogen-bond donors (Lipinski definition) is 1. The molecule has 0 heterocycles. The molecule has 10 heteroatoms. The number of hydrogen-bond acceptors (Lipinski definition) is 4. The maximum Gasteiger partial charge on any atom is 0.240 e. The smallest absolute Gasteiger partial charge is 0.240 e. The van der Waals surface area contributed by atoms with Gasteiger partial charge < -0.3 is 5.32 Å². The van der Waals surface area contributed by atoms with Crippen LogP contribution in [0.3, 0.4) is 0 Å². The molecule has 0 saturated carbocycles. The van der Waals surface area contributed by atoms with E-state index in [9.17, 15) is 13.2 Å². The summed E-state index contributed by atoms with van der Waals surface area (Å²) in [6.45, 7) is 2.11. The number of anilines is 1. The van der Waals surface area contributed by atoms with E-state index < -0.39 is 22.5 Å². The van der Waals surface area contributed by atoms with Crippen LogP contribution < -0.4 is 9.62 Å². The minimum atomic E-state index is -3.76. The standard InChI is InChI=1S/C20H23Cl3N2O3S2/c1-14-4-6-15(7-5-14)13-29-9-3-8-24-20(26)12-25(30(2,27)28)19-11-17(22)16(21)10-18(19)23/h4-7,10-11H,3,8-9,12-13H2,1-2H3,(H,24,26). The van der Waals surface area contributed by atoms with Gasteiger partial charge in [-0.05, 0) is 36.8 Å². The average molecular weight is 510 g/mol. The fourth-order valence-electron chi connectivity index (χ4n) is 2.55. The van der Waals surface area contributed by atoms with Crippen molar-refractivity contribution in [3.05, 3.63) is 62.6 Å². The Bertz CT molecular complexity index is 984. The highest BCUT2D eigenvalue weighted by molar-refractivity contribution is 7.98. The Labute approximate surface area is 197 Å². The summed E-state index contributed by atoms with van der Waals surface area (Å²) in [5.74, 6) is 1.36. The van der Waals surface area contributed by atoms with Gasteiger partial charge in [-0.2, -0.15) is 11.8 Å². The molecule has 0 aromatic heterocycles. The van der Waals surface area contributed by atoms with Gasteiger partial charge in [0.15, 0.2) is 0 Å². The molecule has 2 rings (SSSR count). The predicted molar refractivity (Wildman–Crippen MR) is 129 cm³/mol. The zero-order chi connectivity index (χ0) is 22.3. The molecule has 0 atom stereocenters. The second kappa shape index (κ2) is 11.5. The summed E-state index contributed by atoms with van der Waals surface area (Å²) < 4.78 is 25.3. The Hall–Kier alpha value is -1.12. The van der Waals surface area contributed by atoms with E-state index in [0.717, 1.165) is 28.5 Å². The number of thioether (sulfide) groups is 1. The highest BCUT2D eigenvalue weighted by atomic mass is 35.5. The normalized spacial score (nSPS) is 11.4. The van der Waals surface area contributed by atoms with E-state index in [2.05, 4.69) is 36.5 Å². The van der Waals surface area contributed by atoms with E-state index in [1.54, 1.807) is 11.8 Å². The summed E-state index contributed by atoms with van der Waals surface area (Å²) in [4.78, 5) is 12.3. The Morgan fingerprint density at radius 2 is 1.70 bits per heavy atom. The molecule has 5 nitrogen and oxygen atoms in total. The molecule has 1 N–H and O–H groups in total. The number of rotatable bonds is 10. The quantitative estimate of drug-likeness (QED) is 0.355. The van der Waals surface area contributed by atoms with E-state index in [0.29, 0.717) is 6.54 Å². The second-order valence-electron chi connectivity index (χ2n) is 6.73. The number of benzene rings is 2. The van der Waals surface area contributed by atoms with Crippen LogP contribution in [0.15, 0.2) is 36.4 Å². The van der Waals surface area contributed by atoms with Crippen molar-refractivity contribution in [1.82, 2.24) is 5.32 Å². The Kier molecular flexibility index (Phi) is 9.63. The Balaban J connectivity index is 1.84. The molecule has 0 aliphatic carbocycles. The van der Waals surface area contributed by atoms with Crippen molar-refractivity contribution in [1.29, 1.82) is 0 Å². The predicted octanol–water partition coefficient (Wildman–Crippen LogP) is 5.16. The van der Waals surface area contributed by atoms with Crippen LogP contribution in [0.2, 0.25) is 15.1 Å². The van der Waals surface area contributed by atoms with Crippen LogP contribution in [-0.2, 0) is 20.6 Å². The summed E-state index contributed by atoms with van der Waals surface area (Å²) in [6, 6.07) is 11.1. The van der Waals surface area contributed by atoms with Crippen molar-refractivity contribution >= 4 is 68.2 Å². The lowest BCUT2D eigenvalue weighted by Crippen LogP contribution is -2.40. The van der Waals surface area contributed by atoms with E-state index in [1.807, 2.05) is 0 Å². The number of aryl methyl sites for hydroxylation is 1. The molecule has 2 aromatic carbocycles. The molecule has 30 heavy (non-hydrogen) atoms. The highest BCUT2D eigenvalue weighted by Gasteiger charge is 2.24. The molecule has 1 amide bonds. The van der Waals surface area contributed by atoms with Gasteiger partial charge in [0.05, 0.1) is 27.0 Å². The largest absolute Gasteiger partial charge is 0.354 e. The van der Waals surface area contributed by atoms with Crippen LogP contribution >= 0.6 is 46.6 Å². The Morgan fingerprint density at radius 1 is 1.07 bits per heavy atom. The molecule has 0 radical (unpaired) electrons. The van der Waals surface area contributed by atoms with E-state index in [4.69, 9.17) is 34.8 Å². The molecule has 0 unspecified atom stereocenters. The number of carbonyl (C=O) groups is 1. The minimum absolute atomic E-state index is 0.0927. The third-order valence-electron chi connectivity index (χ3n) is 4.12. The van der Waals surface area contributed by atoms with Gasteiger partial charge in [0.1, 0.15) is 6.54 Å². The van der Waals surface area contributed by atoms with Gasteiger partial charge in [0, 0.05) is 12.3 Å². The minimum Gasteiger partial charge on any atom is -0.354 e. The molecular formula is C20H23Cl3N2O3S2. The first kappa shape index (κ1) is 25.1. The van der Waals surface area contributed by atoms with Gasteiger partial charge in [-0.15, -0.1) is 0 Å². The molecule has 164 valence electrons. The third kappa shape index (κ3) is 7.85. The van der Waals surface area contributed by atoms with Crippen LogP contribution in [0, 0.1) is 6.92 Å². The van der Waals surface area contributed by atoms with Gasteiger partial charge in [-0.25, -0.2) is 8.42 Å². The van der Waals surface area contributed by atoms with E-state index >= 15 is 0 Å². The number of nitrogens with one attached hydrogen (secondary N) is 1. The van der Waals surface area contributed by atoms with E-state index in [-0.39, 0.29) is 20.8 Å². The molecule has 0 aliphatic rings. The zero-order valence-electron chi connectivity index (χ0n) is 16.6. The maximum absolute atomic E-state index is 12.3. The van der Waals surface area contributed by atoms with Crippen LogP contribution in [-0.4, -0.2) is 39.4 Å². The van der Waals surface area contributed by atoms with Crippen molar-refractivity contribution in [3.63, 3.8) is 0 Å². The monoisotopic (exact) mass is 508 g/mol. The third-order valence-corrected chi connectivity index (χ3v) is 7.39. The molecule has 0 spiro atoms. The average Bonchev–Trinajstić information content (AvgIpc) is 2.66. The van der Waals surface area contributed by atoms with E-state index in [1.165, 1.54) is 23.3 Å². The number of sulfonamides is 1. The molecular weight excluding hydrogens is 487 g/mol. The number of carbonyl (C=O) groups excluding carboxylic acids is 1. The van der Waals surface area contributed by atoms with Gasteiger partial charge in [-0.3, -0.25) is 9.10 Å². The van der Waals surface area contributed by atoms with Crippen molar-refractivity contribution in [2.24, 2.45) is 0 Å². The first-order chi connectivity index (χ1) is 14.1. The van der Waals surface area contributed by atoms with Crippen LogP contribution in [0.5, 0.6) is 0 Å². The van der Waals surface area contributed by atoms with Crippen molar-refractivity contribution in [2.75, 3.05) is 29.4 Å². The van der Waals surface area contributed by atoms with Crippen LogP contribution in [0.25, 0.3) is 0 Å². The maximum atomic E-state index is 12.3. The zero-order valence-corrected chi connectivity index (χ0v) is 20.5. The molecule has 0 saturated heterocycles. The van der Waals surface area contributed by atoms with Gasteiger partial charge in [-0.1, -0.05) is 64.6 Å². The lowest BCUT2D eigenvalue weighted by Gasteiger charge is -2.23. The fourth-order valence-corrected chi connectivity index (χ4v) is 5.02. The topological polar surface area (TPSA) is 66.5 Å². The fraction of sp³-hybridized carbons (Fsp3) is 0.350. The van der Waals surface area contributed by atoms with Crippen molar-refractivity contribution in [3.8, 4) is 0 Å². The van der Waals surface area contributed by atoms with Crippen LogP contribution in [0.1, 0.15) is 17.5 Å². The SMILES string of the molecule is Cc1ccc(CSCCCNC(=O)CN(c2cc(Cl)c(Cl)cc2Cl)S(C)(=O)=O)cc1. The lowest BCUT2D eigenvalue weighted by molar-refractivity contribution is -0.119. The first-order valence-electron chi connectivity index (χ1n) is 9.10. The molecule has 2 aromatic rings. The number of nitrogens with zero attached hydrogens (tertiary/aromatic N) is 1. The number of halogens is 3. The van der Waals surface area contributed by atoms with Gasteiger partial charge in [0.2, 0.25) is 15.9 Å². The highest BCUT2D eigenvalue weighted by Crippen LogP contribution is 2.35. The van der Waals surface area contributed by atoms with Gasteiger partial charge >= 0.3 is 0 Å². The molecule has 0 fully saturated rings. The van der Waals surface area contributed by atoms with Crippen LogP contribution in [0.4, 0.5) is 5.69 Å². The number of amides is 1. The summed E-state index contributed by atoms with van der Waals surface area (Å²) >= 11 is 19.8. The van der Waals surface area contributed by atoms with Crippen molar-refractivity contribution < 1.29 is 13.2 Å². The second-order valence-corrected chi connectivity index (χ2v) is 11.0. The van der Waals surface area contributed by atoms with Crippen molar-refractivity contribution in [2.45, 2.75) is 19.1 Å². The summed E-state index contributed by atoms with van der Waals surface area (Å²) in [7, 11) is -3.76. The summed E-state index contributed by atoms with van der Waals surface area (Å²) in [6.07, 6.45) is 1.77. The van der Waals surface area contributed by atoms with Gasteiger partial charge in [0.25, 0.3) is 0 Å². The lowest BCUT2D eigenvalue weighted by atomic mass is 10.2. The summed E-state index contributed by atoms with van der Waals surface area (Å²) in [5.41, 5.74) is 2.60. The summed E-state index contributed by atoms with van der Waals surface area (Å²) in [5, 5.41) is 3.19. The molecule has 0 aliphatic heterocycles. The first-order valence-corrected chi connectivity index (χ1v) is 13.2. The Morgan fingerprint density at radius 3 is 2.33 bits per heavy atom. The molecule has 0 bridgehead atoms.